The molecule has 1 aliphatic heterocycles. The van der Waals surface area contributed by atoms with Crippen LogP contribution in [0.1, 0.15) is 62.8 Å². The lowest BCUT2D eigenvalue weighted by Crippen LogP contribution is -2.18. The average molecular weight is 673 g/mol. The van der Waals surface area contributed by atoms with Gasteiger partial charge in [-0.25, -0.2) is 4.79 Å². The molecule has 2 aromatic carbocycles. The van der Waals surface area contributed by atoms with Crippen LogP contribution in [-0.4, -0.2) is 55.8 Å². The second-order valence-corrected chi connectivity index (χ2v) is 14.3. The maximum absolute atomic E-state index is 13.3. The molecule has 11 heteroatoms. The molecule has 0 fully saturated rings. The largest absolute Gasteiger partial charge is 0.493 e. The minimum absolute atomic E-state index is 0.365. The minimum Gasteiger partial charge on any atom is -0.493 e. The van der Waals surface area contributed by atoms with Gasteiger partial charge < -0.3 is 14.0 Å². The van der Waals surface area contributed by atoms with Gasteiger partial charge in [0.15, 0.2) is 0 Å². The molecule has 7 rings (SSSR count). The Kier molecular flexibility index (Phi) is 8.61. The van der Waals surface area contributed by atoms with Crippen LogP contribution in [0.4, 0.5) is 0 Å². The van der Waals surface area contributed by atoms with Crippen LogP contribution in [0.5, 0.6) is 5.75 Å². The number of aryl methyl sites for hydroxylation is 5. The Bertz CT molecular complexity index is 2030. The van der Waals surface area contributed by atoms with E-state index >= 15 is 0 Å². The SMILES string of the molecule is COC(=O)c1c2c3ccc(Cl)c(c3n1C)-c1c(nn(C)c1C)CN(C)Cc1cc(n(C)n1)CSc1cc3c(c(c1)OCCC2)CCC3. The Hall–Kier alpha value is -3.73. The van der Waals surface area contributed by atoms with Crippen molar-refractivity contribution in [2.45, 2.75) is 62.8 Å². The van der Waals surface area contributed by atoms with Crippen LogP contribution < -0.4 is 4.74 Å². The molecule has 47 heavy (non-hydrogen) atoms. The first-order chi connectivity index (χ1) is 22.6. The first-order valence-electron chi connectivity index (χ1n) is 16.2. The summed E-state index contributed by atoms with van der Waals surface area (Å²) in [6.45, 7) is 3.88. The van der Waals surface area contributed by atoms with Gasteiger partial charge in [-0.15, -0.1) is 11.8 Å². The van der Waals surface area contributed by atoms with E-state index in [1.807, 2.05) is 59.0 Å². The number of carbonyl (C=O) groups excluding carboxylic acids is 1. The van der Waals surface area contributed by atoms with Crippen LogP contribution in [0.15, 0.2) is 35.2 Å². The lowest BCUT2D eigenvalue weighted by atomic mass is 9.98. The summed E-state index contributed by atoms with van der Waals surface area (Å²) in [5.41, 5.74) is 11.1. The second-order valence-electron chi connectivity index (χ2n) is 12.8. The summed E-state index contributed by atoms with van der Waals surface area (Å²) in [5, 5.41) is 11.4. The van der Waals surface area contributed by atoms with Crippen molar-refractivity contribution in [1.29, 1.82) is 0 Å². The number of hydrogen-bond donors (Lipinski definition) is 0. The van der Waals surface area contributed by atoms with Gasteiger partial charge in [0.1, 0.15) is 11.4 Å². The molecule has 9 nitrogen and oxygen atoms in total. The summed E-state index contributed by atoms with van der Waals surface area (Å²) >= 11 is 8.90. The first-order valence-corrected chi connectivity index (χ1v) is 17.5. The van der Waals surface area contributed by atoms with Crippen molar-refractivity contribution in [3.05, 3.63) is 80.5 Å². The van der Waals surface area contributed by atoms with Crippen LogP contribution in [0.3, 0.4) is 0 Å². The topological polar surface area (TPSA) is 79.3 Å². The van der Waals surface area contributed by atoms with Gasteiger partial charge in [-0.05, 0) is 87.0 Å². The third-order valence-electron chi connectivity index (χ3n) is 9.69. The van der Waals surface area contributed by atoms with E-state index < -0.39 is 0 Å². The third-order valence-corrected chi connectivity index (χ3v) is 11.0. The summed E-state index contributed by atoms with van der Waals surface area (Å²) in [4.78, 5) is 16.8. The average Bonchev–Trinajstić information content (AvgIpc) is 3.78. The Balaban J connectivity index is 1.37. The Morgan fingerprint density at radius 1 is 0.957 bits per heavy atom. The highest BCUT2D eigenvalue weighted by Gasteiger charge is 2.28. The predicted octanol–water partition coefficient (Wildman–Crippen LogP) is 6.80. The highest BCUT2D eigenvalue weighted by molar-refractivity contribution is 7.98. The van der Waals surface area contributed by atoms with Gasteiger partial charge in [-0.3, -0.25) is 14.3 Å². The molecule has 8 bridgehead atoms. The predicted molar refractivity (Wildman–Crippen MR) is 186 cm³/mol. The van der Waals surface area contributed by atoms with Crippen LogP contribution in [0, 0.1) is 6.92 Å². The van der Waals surface area contributed by atoms with Crippen molar-refractivity contribution in [1.82, 2.24) is 29.0 Å². The van der Waals surface area contributed by atoms with Gasteiger partial charge in [0, 0.05) is 72.8 Å². The van der Waals surface area contributed by atoms with E-state index in [1.165, 1.54) is 28.8 Å². The fourth-order valence-corrected chi connectivity index (χ4v) is 8.62. The Morgan fingerprint density at radius 3 is 2.57 bits per heavy atom. The van der Waals surface area contributed by atoms with Crippen molar-refractivity contribution in [3.8, 4) is 16.9 Å². The molecule has 0 radical (unpaired) electrons. The number of nitrogens with zero attached hydrogens (tertiary/aromatic N) is 6. The van der Waals surface area contributed by atoms with Gasteiger partial charge in [-0.2, -0.15) is 10.2 Å². The molecule has 4 heterocycles. The standard InChI is InChI=1S/C36H41ClN6O3S/c1-21-32-30(39-42(21)4)19-40(2)18-23-16-24(43(5)38-23)20-47-25-15-22-9-7-10-26(22)31(17-25)46-14-8-11-27-28-12-13-29(37)33(32)34(28)41(3)35(27)36(44)45-6/h12-13,15-17H,7-11,14,18-20H2,1-6H3. The molecule has 1 aliphatic carbocycles. The van der Waals surface area contributed by atoms with Crippen molar-refractivity contribution in [3.63, 3.8) is 0 Å². The Labute approximate surface area is 284 Å². The number of aromatic nitrogens is 5. The van der Waals surface area contributed by atoms with E-state index in [1.54, 1.807) is 0 Å². The molecule has 5 aromatic rings. The van der Waals surface area contributed by atoms with Gasteiger partial charge in [-0.1, -0.05) is 17.7 Å². The number of thioether (sulfide) groups is 1. The van der Waals surface area contributed by atoms with Gasteiger partial charge >= 0.3 is 5.97 Å². The van der Waals surface area contributed by atoms with Crippen molar-refractivity contribution in [2.24, 2.45) is 21.1 Å². The lowest BCUT2D eigenvalue weighted by Gasteiger charge is -2.16. The zero-order valence-electron chi connectivity index (χ0n) is 27.9. The molecule has 0 saturated carbocycles. The van der Waals surface area contributed by atoms with Gasteiger partial charge in [0.2, 0.25) is 0 Å². The summed E-state index contributed by atoms with van der Waals surface area (Å²) in [5.74, 6) is 1.45. The molecule has 0 amide bonds. The van der Waals surface area contributed by atoms with E-state index in [0.29, 0.717) is 36.8 Å². The molecule has 246 valence electrons. The van der Waals surface area contributed by atoms with Gasteiger partial charge in [0.05, 0.1) is 35.6 Å². The van der Waals surface area contributed by atoms with E-state index in [0.717, 1.165) is 81.9 Å². The number of esters is 1. The van der Waals surface area contributed by atoms with Crippen LogP contribution in [0.2, 0.25) is 5.02 Å². The third kappa shape index (κ3) is 5.74. The number of ether oxygens (including phenoxy) is 2. The number of halogens is 1. The number of carbonyl (C=O) groups is 1. The fraction of sp³-hybridized carbons (Fsp3) is 0.417. The zero-order valence-corrected chi connectivity index (χ0v) is 29.5. The quantitative estimate of drug-likeness (QED) is 0.181. The zero-order chi connectivity index (χ0) is 33.0. The monoisotopic (exact) mass is 672 g/mol. The molecule has 0 N–H and O–H groups in total. The first kappa shape index (κ1) is 31.8. The normalized spacial score (nSPS) is 15.7. The second kappa shape index (κ2) is 12.7. The van der Waals surface area contributed by atoms with Crippen LogP contribution in [0.25, 0.3) is 22.0 Å². The maximum Gasteiger partial charge on any atom is 0.354 e. The van der Waals surface area contributed by atoms with E-state index in [4.69, 9.17) is 31.3 Å². The summed E-state index contributed by atoms with van der Waals surface area (Å²) in [6, 6.07) is 10.7. The highest BCUT2D eigenvalue weighted by atomic mass is 35.5. The number of benzene rings is 2. The molecular weight excluding hydrogens is 632 g/mol. The number of rotatable bonds is 1. The van der Waals surface area contributed by atoms with Crippen LogP contribution >= 0.6 is 23.4 Å². The molecule has 2 aliphatic rings. The molecule has 0 atom stereocenters. The summed E-state index contributed by atoms with van der Waals surface area (Å²) in [6.07, 6.45) is 4.68. The molecule has 3 aromatic heterocycles. The maximum atomic E-state index is 13.3. The van der Waals surface area contributed by atoms with Crippen LogP contribution in [-0.2, 0) is 64.0 Å². The number of fused-ring (bicyclic) bond motifs is 8. The Morgan fingerprint density at radius 2 is 1.77 bits per heavy atom. The van der Waals surface area contributed by atoms with Gasteiger partial charge in [0.25, 0.3) is 0 Å². The van der Waals surface area contributed by atoms with Crippen molar-refractivity contribution < 1.29 is 14.3 Å². The smallest absolute Gasteiger partial charge is 0.354 e. The number of methoxy groups -OCH3 is 1. The van der Waals surface area contributed by atoms with E-state index in [2.05, 4.69) is 37.1 Å². The summed E-state index contributed by atoms with van der Waals surface area (Å²) < 4.78 is 17.7. The highest BCUT2D eigenvalue weighted by Crippen LogP contribution is 2.42. The van der Waals surface area contributed by atoms with E-state index in [9.17, 15) is 4.79 Å². The van der Waals surface area contributed by atoms with Crippen molar-refractivity contribution >= 4 is 40.2 Å². The molecule has 0 saturated heterocycles. The minimum atomic E-state index is -0.365. The summed E-state index contributed by atoms with van der Waals surface area (Å²) in [7, 11) is 9.44. The fourth-order valence-electron chi connectivity index (χ4n) is 7.37. The number of hydrogen-bond acceptors (Lipinski definition) is 7. The lowest BCUT2D eigenvalue weighted by molar-refractivity contribution is 0.0589. The van der Waals surface area contributed by atoms with Crippen molar-refractivity contribution in [2.75, 3.05) is 20.8 Å². The van der Waals surface area contributed by atoms with E-state index in [-0.39, 0.29) is 5.97 Å². The molecule has 0 spiro atoms. The molecule has 0 unspecified atom stereocenters. The molecular formula is C36H41ClN6O3S.